The molecular weight excluding hydrogens is 224 g/mol. The lowest BCUT2D eigenvalue weighted by Crippen LogP contribution is -2.37. The fourth-order valence-corrected chi connectivity index (χ4v) is 2.25. The molecule has 4 nitrogen and oxygen atoms in total. The van der Waals surface area contributed by atoms with Gasteiger partial charge in [-0.25, -0.2) is 13.1 Å². The summed E-state index contributed by atoms with van der Waals surface area (Å²) in [6.07, 6.45) is 4.65. The first-order valence-corrected chi connectivity index (χ1v) is 7.91. The average Bonchev–Trinajstić information content (AvgIpc) is 2.25. The number of rotatable bonds is 10. The average molecular weight is 250 g/mol. The maximum absolute atomic E-state index is 11.2. The standard InChI is InChI=1S/C11H26N2O2S/c1-4-7-11(8-5-2)12-9-10-13-16(14,15)6-3/h11-13H,4-10H2,1-3H3. The van der Waals surface area contributed by atoms with Crippen molar-refractivity contribution in [2.24, 2.45) is 0 Å². The molecule has 0 atom stereocenters. The number of nitrogens with one attached hydrogen (secondary N) is 2. The van der Waals surface area contributed by atoms with Crippen molar-refractivity contribution >= 4 is 10.0 Å². The Bertz CT molecular complexity index is 247. The smallest absolute Gasteiger partial charge is 0.211 e. The third kappa shape index (κ3) is 8.07. The van der Waals surface area contributed by atoms with E-state index >= 15 is 0 Å². The quantitative estimate of drug-likeness (QED) is 0.577. The Morgan fingerprint density at radius 3 is 2.00 bits per heavy atom. The molecule has 0 heterocycles. The fraction of sp³-hybridized carbons (Fsp3) is 1.00. The molecule has 98 valence electrons. The molecular formula is C11H26N2O2S. The predicted octanol–water partition coefficient (Wildman–Crippen LogP) is 1.48. The lowest BCUT2D eigenvalue weighted by molar-refractivity contribution is 0.446. The number of sulfonamides is 1. The molecule has 2 N–H and O–H groups in total. The van der Waals surface area contributed by atoms with Crippen LogP contribution in [0.15, 0.2) is 0 Å². The van der Waals surface area contributed by atoms with E-state index in [1.807, 2.05) is 0 Å². The van der Waals surface area contributed by atoms with E-state index in [-0.39, 0.29) is 5.75 Å². The van der Waals surface area contributed by atoms with Gasteiger partial charge in [0.1, 0.15) is 0 Å². The molecule has 0 rings (SSSR count). The van der Waals surface area contributed by atoms with Gasteiger partial charge in [0.05, 0.1) is 5.75 Å². The normalized spacial score (nSPS) is 12.2. The summed E-state index contributed by atoms with van der Waals surface area (Å²) in [6.45, 7) is 7.19. The zero-order valence-electron chi connectivity index (χ0n) is 10.8. The van der Waals surface area contributed by atoms with E-state index in [0.29, 0.717) is 19.1 Å². The molecule has 16 heavy (non-hydrogen) atoms. The molecule has 0 aliphatic heterocycles. The van der Waals surface area contributed by atoms with Crippen molar-refractivity contribution < 1.29 is 8.42 Å². The van der Waals surface area contributed by atoms with Gasteiger partial charge in [0, 0.05) is 19.1 Å². The third-order valence-electron chi connectivity index (χ3n) is 2.53. The maximum Gasteiger partial charge on any atom is 0.211 e. The predicted molar refractivity (Wildman–Crippen MR) is 69.1 cm³/mol. The molecule has 0 aromatic heterocycles. The Morgan fingerprint density at radius 1 is 1.00 bits per heavy atom. The van der Waals surface area contributed by atoms with Crippen molar-refractivity contribution in [3.05, 3.63) is 0 Å². The molecule has 0 spiro atoms. The lowest BCUT2D eigenvalue weighted by atomic mass is 10.1. The van der Waals surface area contributed by atoms with Crippen LogP contribution in [-0.2, 0) is 10.0 Å². The highest BCUT2D eigenvalue weighted by molar-refractivity contribution is 7.89. The van der Waals surface area contributed by atoms with Crippen LogP contribution in [-0.4, -0.2) is 33.3 Å². The first kappa shape index (κ1) is 15.9. The minimum Gasteiger partial charge on any atom is -0.313 e. The van der Waals surface area contributed by atoms with Crippen LogP contribution in [0.1, 0.15) is 46.5 Å². The van der Waals surface area contributed by atoms with E-state index in [9.17, 15) is 8.42 Å². The molecule has 0 aliphatic rings. The van der Waals surface area contributed by atoms with Crippen LogP contribution in [0.3, 0.4) is 0 Å². The molecule has 0 fully saturated rings. The van der Waals surface area contributed by atoms with E-state index in [2.05, 4.69) is 23.9 Å². The van der Waals surface area contributed by atoms with Crippen molar-refractivity contribution in [1.29, 1.82) is 0 Å². The summed E-state index contributed by atoms with van der Waals surface area (Å²) < 4.78 is 24.9. The van der Waals surface area contributed by atoms with Gasteiger partial charge in [-0.1, -0.05) is 26.7 Å². The van der Waals surface area contributed by atoms with Crippen molar-refractivity contribution in [2.45, 2.75) is 52.5 Å². The number of hydrogen-bond donors (Lipinski definition) is 2. The van der Waals surface area contributed by atoms with E-state index in [1.54, 1.807) is 6.92 Å². The van der Waals surface area contributed by atoms with Crippen molar-refractivity contribution in [3.8, 4) is 0 Å². The summed E-state index contributed by atoms with van der Waals surface area (Å²) in [6, 6.07) is 0.529. The van der Waals surface area contributed by atoms with Gasteiger partial charge < -0.3 is 5.32 Å². The van der Waals surface area contributed by atoms with Crippen LogP contribution in [0, 0.1) is 0 Å². The van der Waals surface area contributed by atoms with Gasteiger partial charge in [0.2, 0.25) is 10.0 Å². The Balaban J connectivity index is 3.69. The fourth-order valence-electron chi connectivity index (χ4n) is 1.63. The van der Waals surface area contributed by atoms with E-state index in [1.165, 1.54) is 12.8 Å². The van der Waals surface area contributed by atoms with Gasteiger partial charge in [-0.05, 0) is 19.8 Å². The van der Waals surface area contributed by atoms with Gasteiger partial charge in [-0.3, -0.25) is 0 Å². The molecule has 0 bridgehead atoms. The molecule has 0 aromatic rings. The van der Waals surface area contributed by atoms with E-state index in [0.717, 1.165) is 12.8 Å². The SMILES string of the molecule is CCCC(CCC)NCCNS(=O)(=O)CC. The van der Waals surface area contributed by atoms with Gasteiger partial charge in [-0.2, -0.15) is 0 Å². The lowest BCUT2D eigenvalue weighted by Gasteiger charge is -2.17. The minimum atomic E-state index is -3.03. The van der Waals surface area contributed by atoms with Gasteiger partial charge in [0.15, 0.2) is 0 Å². The summed E-state index contributed by atoms with van der Waals surface area (Å²) in [5.74, 6) is 0.153. The maximum atomic E-state index is 11.2. The van der Waals surface area contributed by atoms with Crippen LogP contribution in [0.2, 0.25) is 0 Å². The van der Waals surface area contributed by atoms with Crippen molar-refractivity contribution in [1.82, 2.24) is 10.0 Å². The molecule has 0 radical (unpaired) electrons. The minimum absolute atomic E-state index is 0.153. The molecule has 0 aliphatic carbocycles. The van der Waals surface area contributed by atoms with Gasteiger partial charge in [-0.15, -0.1) is 0 Å². The van der Waals surface area contributed by atoms with Crippen LogP contribution >= 0.6 is 0 Å². The van der Waals surface area contributed by atoms with Crippen molar-refractivity contribution in [3.63, 3.8) is 0 Å². The first-order chi connectivity index (χ1) is 7.55. The molecule has 0 saturated heterocycles. The Kier molecular flexibility index (Phi) is 8.89. The third-order valence-corrected chi connectivity index (χ3v) is 3.94. The van der Waals surface area contributed by atoms with E-state index < -0.39 is 10.0 Å². The van der Waals surface area contributed by atoms with Gasteiger partial charge in [0.25, 0.3) is 0 Å². The molecule has 0 saturated carbocycles. The number of hydrogen-bond acceptors (Lipinski definition) is 3. The monoisotopic (exact) mass is 250 g/mol. The van der Waals surface area contributed by atoms with E-state index in [4.69, 9.17) is 0 Å². The topological polar surface area (TPSA) is 58.2 Å². The highest BCUT2D eigenvalue weighted by atomic mass is 32.2. The first-order valence-electron chi connectivity index (χ1n) is 6.26. The second-order valence-electron chi connectivity index (χ2n) is 4.03. The molecule has 0 aromatic carbocycles. The Hall–Kier alpha value is -0.130. The van der Waals surface area contributed by atoms with Crippen molar-refractivity contribution in [2.75, 3.05) is 18.8 Å². The zero-order valence-corrected chi connectivity index (χ0v) is 11.6. The van der Waals surface area contributed by atoms with Crippen LogP contribution in [0.5, 0.6) is 0 Å². The summed E-state index contributed by atoms with van der Waals surface area (Å²) in [5, 5.41) is 3.39. The summed E-state index contributed by atoms with van der Waals surface area (Å²) in [4.78, 5) is 0. The molecule has 0 amide bonds. The van der Waals surface area contributed by atoms with Crippen LogP contribution in [0.4, 0.5) is 0 Å². The Morgan fingerprint density at radius 2 is 1.56 bits per heavy atom. The summed E-state index contributed by atoms with van der Waals surface area (Å²) in [7, 11) is -3.03. The summed E-state index contributed by atoms with van der Waals surface area (Å²) >= 11 is 0. The largest absolute Gasteiger partial charge is 0.313 e. The van der Waals surface area contributed by atoms with Crippen LogP contribution in [0.25, 0.3) is 0 Å². The molecule has 0 unspecified atom stereocenters. The zero-order chi connectivity index (χ0) is 12.4. The molecule has 5 heteroatoms. The Labute approximate surface area is 100 Å². The second kappa shape index (κ2) is 8.96. The van der Waals surface area contributed by atoms with Crippen LogP contribution < -0.4 is 10.0 Å². The second-order valence-corrected chi connectivity index (χ2v) is 6.12. The van der Waals surface area contributed by atoms with Gasteiger partial charge >= 0.3 is 0 Å². The highest BCUT2D eigenvalue weighted by Crippen LogP contribution is 2.03. The summed E-state index contributed by atoms with van der Waals surface area (Å²) in [5.41, 5.74) is 0. The highest BCUT2D eigenvalue weighted by Gasteiger charge is 2.07.